The Balaban J connectivity index is 2.40. The van der Waals surface area contributed by atoms with Gasteiger partial charge < -0.3 is 0 Å². The molecular formula is C9H9+. The lowest BCUT2D eigenvalue weighted by Gasteiger charge is -2.17. The molecular weight excluding hydrogens is 108 g/mol. The lowest BCUT2D eigenvalue weighted by molar-refractivity contribution is 0.844. The summed E-state index contributed by atoms with van der Waals surface area (Å²) in [6.45, 7) is 2.22. The van der Waals surface area contributed by atoms with E-state index in [0.29, 0.717) is 5.92 Å². The van der Waals surface area contributed by atoms with Crippen molar-refractivity contribution < 1.29 is 0 Å². The van der Waals surface area contributed by atoms with Crippen molar-refractivity contribution in [3.05, 3.63) is 41.9 Å². The molecule has 0 heteroatoms. The Kier molecular flexibility index (Phi) is 0.839. The van der Waals surface area contributed by atoms with E-state index in [9.17, 15) is 0 Å². The molecule has 44 valence electrons. The Labute approximate surface area is 55.6 Å². The smallest absolute Gasteiger partial charge is 0.0579 e. The van der Waals surface area contributed by atoms with Crippen LogP contribution < -0.4 is 0 Å². The Bertz CT molecular complexity index is 216. The third-order valence-corrected chi connectivity index (χ3v) is 1.94. The van der Waals surface area contributed by atoms with Crippen LogP contribution in [0, 0.1) is 12.3 Å². The molecule has 0 unspecified atom stereocenters. The fourth-order valence-corrected chi connectivity index (χ4v) is 1.27. The molecule has 0 aromatic heterocycles. The van der Waals surface area contributed by atoms with E-state index in [2.05, 4.69) is 37.6 Å². The summed E-state index contributed by atoms with van der Waals surface area (Å²) < 4.78 is 0. The summed E-state index contributed by atoms with van der Waals surface area (Å²) in [6, 6.07) is 0. The summed E-state index contributed by atoms with van der Waals surface area (Å²) in [5.41, 5.74) is 2.92. The van der Waals surface area contributed by atoms with Gasteiger partial charge in [-0.15, -0.1) is 0 Å². The minimum atomic E-state index is 0.648. The molecule has 0 saturated carbocycles. The van der Waals surface area contributed by atoms with E-state index in [0.717, 1.165) is 0 Å². The molecule has 0 saturated heterocycles. The summed E-state index contributed by atoms with van der Waals surface area (Å²) in [6.07, 6.45) is 10.9. The fourth-order valence-electron chi connectivity index (χ4n) is 1.27. The van der Waals surface area contributed by atoms with Crippen LogP contribution in [0.4, 0.5) is 0 Å². The van der Waals surface area contributed by atoms with E-state index < -0.39 is 0 Å². The summed E-state index contributed by atoms with van der Waals surface area (Å²) in [5.74, 6) is 0.648. The Morgan fingerprint density at radius 1 is 1.56 bits per heavy atom. The van der Waals surface area contributed by atoms with E-state index in [1.54, 1.807) is 0 Å². The summed E-state index contributed by atoms with van der Waals surface area (Å²) in [4.78, 5) is 0. The molecule has 0 amide bonds. The second-order valence-corrected chi connectivity index (χ2v) is 2.58. The average molecular weight is 117 g/mol. The molecule has 0 aliphatic heterocycles. The van der Waals surface area contributed by atoms with Gasteiger partial charge in [0.1, 0.15) is 0 Å². The van der Waals surface area contributed by atoms with Crippen LogP contribution >= 0.6 is 0 Å². The van der Waals surface area contributed by atoms with Crippen LogP contribution in [-0.4, -0.2) is 0 Å². The monoisotopic (exact) mass is 117 g/mol. The Morgan fingerprint density at radius 3 is 2.89 bits per heavy atom. The molecule has 0 radical (unpaired) electrons. The normalized spacial score (nSPS) is 29.2. The summed E-state index contributed by atoms with van der Waals surface area (Å²) >= 11 is 0. The predicted octanol–water partition coefficient (Wildman–Crippen LogP) is 2.26. The van der Waals surface area contributed by atoms with Gasteiger partial charge in [-0.05, 0) is 13.0 Å². The van der Waals surface area contributed by atoms with Crippen molar-refractivity contribution in [2.75, 3.05) is 0 Å². The van der Waals surface area contributed by atoms with Gasteiger partial charge in [0.25, 0.3) is 0 Å². The third kappa shape index (κ3) is 0.561. The number of fused-ring (bicyclic) bond motifs is 1. The molecule has 0 aromatic rings. The van der Waals surface area contributed by atoms with E-state index in [1.165, 1.54) is 11.1 Å². The van der Waals surface area contributed by atoms with E-state index in [1.807, 2.05) is 0 Å². The highest BCUT2D eigenvalue weighted by Gasteiger charge is 2.26. The maximum Gasteiger partial charge on any atom is 0.0997 e. The van der Waals surface area contributed by atoms with Crippen molar-refractivity contribution in [2.45, 2.75) is 6.92 Å². The van der Waals surface area contributed by atoms with Crippen LogP contribution in [-0.2, 0) is 0 Å². The Morgan fingerprint density at radius 2 is 2.44 bits per heavy atom. The van der Waals surface area contributed by atoms with Gasteiger partial charge in [-0.25, -0.2) is 0 Å². The quantitative estimate of drug-likeness (QED) is 0.427. The van der Waals surface area contributed by atoms with Crippen molar-refractivity contribution in [3.8, 4) is 0 Å². The summed E-state index contributed by atoms with van der Waals surface area (Å²) in [7, 11) is 0. The Hall–Kier alpha value is -0.910. The highest BCUT2D eigenvalue weighted by atomic mass is 14.2. The molecule has 0 heterocycles. The molecule has 1 atom stereocenters. The first-order chi connectivity index (χ1) is 4.38. The number of rotatable bonds is 0. The molecule has 2 aliphatic rings. The van der Waals surface area contributed by atoms with Crippen LogP contribution in [0.5, 0.6) is 0 Å². The molecule has 2 rings (SSSR count). The number of hydrogen-bond acceptors (Lipinski definition) is 0. The highest BCUT2D eigenvalue weighted by Crippen LogP contribution is 2.34. The maximum absolute atomic E-state index is 2.22. The van der Waals surface area contributed by atoms with Gasteiger partial charge in [-0.3, -0.25) is 0 Å². The molecule has 0 spiro atoms. The zero-order valence-corrected chi connectivity index (χ0v) is 5.46. The van der Waals surface area contributed by atoms with Crippen molar-refractivity contribution in [2.24, 2.45) is 5.92 Å². The zero-order chi connectivity index (χ0) is 6.27. The lowest BCUT2D eigenvalue weighted by Crippen LogP contribution is -2.10. The van der Waals surface area contributed by atoms with Crippen LogP contribution in [0.2, 0.25) is 0 Å². The van der Waals surface area contributed by atoms with Gasteiger partial charge in [-0.1, -0.05) is 6.08 Å². The molecule has 0 aromatic carbocycles. The van der Waals surface area contributed by atoms with Gasteiger partial charge in [0.05, 0.1) is 11.1 Å². The molecule has 2 aliphatic carbocycles. The van der Waals surface area contributed by atoms with Crippen molar-refractivity contribution in [1.82, 2.24) is 0 Å². The van der Waals surface area contributed by atoms with Crippen LogP contribution in [0.1, 0.15) is 6.92 Å². The van der Waals surface area contributed by atoms with E-state index >= 15 is 0 Å². The molecule has 0 N–H and O–H groups in total. The molecule has 0 nitrogen and oxygen atoms in total. The molecule has 0 bridgehead atoms. The first kappa shape index (κ1) is 4.92. The molecule has 0 fully saturated rings. The first-order valence-electron chi connectivity index (χ1n) is 3.32. The van der Waals surface area contributed by atoms with Gasteiger partial charge in [-0.2, -0.15) is 0 Å². The minimum Gasteiger partial charge on any atom is -0.0579 e. The van der Waals surface area contributed by atoms with Crippen molar-refractivity contribution in [1.29, 1.82) is 0 Å². The van der Waals surface area contributed by atoms with Gasteiger partial charge >= 0.3 is 0 Å². The van der Waals surface area contributed by atoms with Crippen molar-refractivity contribution >= 4 is 0 Å². The van der Waals surface area contributed by atoms with E-state index in [4.69, 9.17) is 0 Å². The maximum atomic E-state index is 2.22. The van der Waals surface area contributed by atoms with Crippen LogP contribution in [0.3, 0.4) is 0 Å². The second-order valence-electron chi connectivity index (χ2n) is 2.58. The standard InChI is InChI=1S/C9H9/c1-7-3-2-4-8-5-6-9(7)8/h2-7H,1H3/q+1/t7-/m1/s1. The van der Waals surface area contributed by atoms with Gasteiger partial charge in [0.15, 0.2) is 0 Å². The van der Waals surface area contributed by atoms with Gasteiger partial charge in [0, 0.05) is 24.5 Å². The van der Waals surface area contributed by atoms with E-state index in [-0.39, 0.29) is 0 Å². The lowest BCUT2D eigenvalue weighted by atomic mass is 9.80. The third-order valence-electron chi connectivity index (χ3n) is 1.94. The average Bonchev–Trinajstić information content (AvgIpc) is 1.74. The molecule has 9 heavy (non-hydrogen) atoms. The van der Waals surface area contributed by atoms with Crippen molar-refractivity contribution in [3.63, 3.8) is 0 Å². The van der Waals surface area contributed by atoms with Crippen LogP contribution in [0.15, 0.2) is 35.5 Å². The first-order valence-corrected chi connectivity index (χ1v) is 3.32. The van der Waals surface area contributed by atoms with Crippen LogP contribution in [0.25, 0.3) is 0 Å². The van der Waals surface area contributed by atoms with Gasteiger partial charge in [0.2, 0.25) is 0 Å². The fraction of sp³-hybridized carbons (Fsp3) is 0.222. The zero-order valence-electron chi connectivity index (χ0n) is 5.46. The minimum absolute atomic E-state index is 0.648. The SMILES string of the molecule is C[C@@H]1C=CC=C2[CH+]C=C21. The highest BCUT2D eigenvalue weighted by molar-refractivity contribution is 5.57. The largest absolute Gasteiger partial charge is 0.0997 e. The summed E-state index contributed by atoms with van der Waals surface area (Å²) in [5, 5.41) is 0. The predicted molar refractivity (Wildman–Crippen MR) is 38.8 cm³/mol. The second kappa shape index (κ2) is 1.53. The number of hydrogen-bond donors (Lipinski definition) is 0. The number of allylic oxidation sites excluding steroid dienone is 6. The topological polar surface area (TPSA) is 0 Å².